The highest BCUT2D eigenvalue weighted by atomic mass is 16.4. The fourth-order valence-electron chi connectivity index (χ4n) is 2.95. The summed E-state index contributed by atoms with van der Waals surface area (Å²) in [6.07, 6.45) is -2.36. The largest absolute Gasteiger partial charge is 0.480 e. The molecule has 0 radical (unpaired) electrons. The zero-order valence-electron chi connectivity index (χ0n) is 20.4. The third-order valence-electron chi connectivity index (χ3n) is 4.77. The van der Waals surface area contributed by atoms with Crippen LogP contribution < -0.4 is 10.6 Å². The molecule has 0 aliphatic rings. The second-order valence-corrected chi connectivity index (χ2v) is 8.16. The topological polar surface area (TPSA) is 261 Å². The molecule has 0 aromatic rings. The van der Waals surface area contributed by atoms with Gasteiger partial charge in [-0.2, -0.15) is 0 Å². The van der Waals surface area contributed by atoms with E-state index in [0.717, 1.165) is 0 Å². The van der Waals surface area contributed by atoms with Crippen molar-refractivity contribution in [1.82, 2.24) is 25.3 Å². The number of aliphatic hydroxyl groups excluding tert-OH is 4. The van der Waals surface area contributed by atoms with Gasteiger partial charge in [0.25, 0.3) is 0 Å². The van der Waals surface area contributed by atoms with Gasteiger partial charge in [-0.15, -0.1) is 0 Å². The van der Waals surface area contributed by atoms with Gasteiger partial charge in [-0.05, 0) is 0 Å². The summed E-state index contributed by atoms with van der Waals surface area (Å²) in [5.74, 6) is -4.93. The van der Waals surface area contributed by atoms with Crippen LogP contribution in [0.2, 0.25) is 0 Å². The van der Waals surface area contributed by atoms with Crippen molar-refractivity contribution < 1.29 is 59.7 Å². The van der Waals surface area contributed by atoms with E-state index in [1.165, 1.54) is 14.7 Å². The average molecular weight is 540 g/mol. The van der Waals surface area contributed by atoms with E-state index in [0.29, 0.717) is 0 Å². The third kappa shape index (κ3) is 18.9. The van der Waals surface area contributed by atoms with E-state index in [2.05, 4.69) is 10.6 Å². The molecule has 0 aliphatic carbocycles. The van der Waals surface area contributed by atoms with E-state index in [-0.39, 0.29) is 52.4 Å². The number of aliphatic carboxylic acids is 3. The number of hydrogen-bond donors (Lipinski definition) is 9. The fraction of sp³-hybridized carbons (Fsp3) is 0.750. The Hall–Kier alpha value is -2.93. The lowest BCUT2D eigenvalue weighted by Gasteiger charge is -2.28. The van der Waals surface area contributed by atoms with Crippen molar-refractivity contribution in [3.63, 3.8) is 0 Å². The van der Waals surface area contributed by atoms with E-state index in [9.17, 15) is 39.3 Å². The molecule has 9 N–H and O–H groups in total. The first kappa shape index (κ1) is 34.1. The van der Waals surface area contributed by atoms with Gasteiger partial charge in [0.2, 0.25) is 11.8 Å². The Morgan fingerprint density at radius 3 is 1.14 bits per heavy atom. The number of nitrogens with one attached hydrogen (secondary N) is 2. The Balaban J connectivity index is 5.09. The number of carbonyl (C=O) groups is 5. The van der Waals surface area contributed by atoms with Crippen LogP contribution in [-0.2, 0) is 24.0 Å². The van der Waals surface area contributed by atoms with Gasteiger partial charge in [-0.3, -0.25) is 38.7 Å². The summed E-state index contributed by atoms with van der Waals surface area (Å²) in [6, 6.07) is 0. The highest BCUT2D eigenvalue weighted by Crippen LogP contribution is 1.97. The van der Waals surface area contributed by atoms with Gasteiger partial charge < -0.3 is 46.4 Å². The molecule has 0 bridgehead atoms. The fourth-order valence-corrected chi connectivity index (χ4v) is 2.95. The molecule has 0 fully saturated rings. The van der Waals surface area contributed by atoms with Crippen molar-refractivity contribution >= 4 is 29.7 Å². The normalized spacial score (nSPS) is 12.9. The van der Waals surface area contributed by atoms with Crippen LogP contribution in [0.15, 0.2) is 0 Å². The Morgan fingerprint density at radius 2 is 0.838 bits per heavy atom. The Kier molecular flexibility index (Phi) is 17.7. The maximum absolute atomic E-state index is 12.0. The van der Waals surface area contributed by atoms with Crippen LogP contribution in [0.4, 0.5) is 0 Å². The van der Waals surface area contributed by atoms with Crippen LogP contribution in [0.5, 0.6) is 0 Å². The summed E-state index contributed by atoms with van der Waals surface area (Å²) in [5.41, 5.74) is 0. The molecule has 0 spiro atoms. The van der Waals surface area contributed by atoms with E-state index in [1.807, 2.05) is 0 Å². The molecular weight excluding hydrogens is 502 g/mol. The van der Waals surface area contributed by atoms with E-state index >= 15 is 0 Å². The Morgan fingerprint density at radius 1 is 0.541 bits per heavy atom. The second kappa shape index (κ2) is 19.2. The highest BCUT2D eigenvalue weighted by Gasteiger charge is 2.20. The summed E-state index contributed by atoms with van der Waals surface area (Å²) in [4.78, 5) is 61.6. The highest BCUT2D eigenvalue weighted by molar-refractivity contribution is 5.79. The maximum Gasteiger partial charge on any atom is 0.317 e. The number of rotatable bonds is 22. The quantitative estimate of drug-likeness (QED) is 0.0620. The van der Waals surface area contributed by atoms with E-state index in [1.54, 1.807) is 0 Å². The Bertz CT molecular complexity index is 689. The predicted molar refractivity (Wildman–Crippen MR) is 124 cm³/mol. The van der Waals surface area contributed by atoms with Crippen molar-refractivity contribution in [3.8, 4) is 0 Å². The summed E-state index contributed by atoms with van der Waals surface area (Å²) < 4.78 is 0. The number of aliphatic hydroxyl groups is 4. The molecule has 37 heavy (non-hydrogen) atoms. The molecule has 0 aromatic heterocycles. The third-order valence-corrected chi connectivity index (χ3v) is 4.77. The zero-order chi connectivity index (χ0) is 28.4. The summed E-state index contributed by atoms with van der Waals surface area (Å²) in [7, 11) is 0. The zero-order valence-corrected chi connectivity index (χ0v) is 20.4. The number of carboxylic acid groups (broad SMARTS) is 3. The van der Waals surface area contributed by atoms with Gasteiger partial charge in [0, 0.05) is 39.3 Å². The molecule has 0 saturated heterocycles. The lowest BCUT2D eigenvalue weighted by atomic mass is 10.3. The van der Waals surface area contributed by atoms with Crippen molar-refractivity contribution in [2.75, 3.05) is 85.2 Å². The summed E-state index contributed by atoms with van der Waals surface area (Å²) in [5, 5.41) is 68.3. The first-order chi connectivity index (χ1) is 17.4. The van der Waals surface area contributed by atoms with Gasteiger partial charge >= 0.3 is 17.9 Å². The minimum absolute atomic E-state index is 0.0120. The first-order valence-corrected chi connectivity index (χ1v) is 11.3. The first-order valence-electron chi connectivity index (χ1n) is 11.3. The molecule has 0 aliphatic heterocycles. The van der Waals surface area contributed by atoms with Crippen molar-refractivity contribution in [1.29, 1.82) is 0 Å². The number of hydrogen-bond acceptors (Lipinski definition) is 12. The molecule has 0 heterocycles. The lowest BCUT2D eigenvalue weighted by Crippen LogP contribution is -2.48. The van der Waals surface area contributed by atoms with Gasteiger partial charge in [-0.25, -0.2) is 0 Å². The van der Waals surface area contributed by atoms with E-state index < -0.39 is 74.8 Å². The summed E-state index contributed by atoms with van der Waals surface area (Å²) >= 11 is 0. The Labute approximate surface area is 212 Å². The average Bonchev–Trinajstić information content (AvgIpc) is 2.81. The van der Waals surface area contributed by atoms with Gasteiger partial charge in [-0.1, -0.05) is 0 Å². The smallest absolute Gasteiger partial charge is 0.317 e. The molecule has 0 aromatic carbocycles. The molecule has 214 valence electrons. The molecule has 2 atom stereocenters. The lowest BCUT2D eigenvalue weighted by molar-refractivity contribution is -0.141. The van der Waals surface area contributed by atoms with Crippen LogP contribution >= 0.6 is 0 Å². The minimum Gasteiger partial charge on any atom is -0.480 e. The van der Waals surface area contributed by atoms with Gasteiger partial charge in [0.1, 0.15) is 0 Å². The minimum atomic E-state index is -1.24. The standard InChI is InChI=1S/C20H37N5O12/c26-12-14(28)5-21-16(30)7-24(10-19(34)35)3-1-23(9-18(32)33)2-4-25(11-20(36)37)8-17(31)22-6-15(29)13-27/h14-15,26-29H,1-13H2,(H,21,30)(H,22,31)(H,32,33)(H,34,35)(H,36,37)/t14-,15-/m0/s1. The number of carbonyl (C=O) groups excluding carboxylic acids is 2. The maximum atomic E-state index is 12.0. The van der Waals surface area contributed by atoms with Crippen molar-refractivity contribution in [2.24, 2.45) is 0 Å². The molecular formula is C20H37N5O12. The molecule has 0 unspecified atom stereocenters. The van der Waals surface area contributed by atoms with Crippen molar-refractivity contribution in [2.45, 2.75) is 12.2 Å². The van der Waals surface area contributed by atoms with Gasteiger partial charge in [0.15, 0.2) is 0 Å². The molecule has 0 saturated carbocycles. The summed E-state index contributed by atoms with van der Waals surface area (Å²) in [6.45, 7) is -4.07. The molecule has 17 nitrogen and oxygen atoms in total. The number of amides is 2. The van der Waals surface area contributed by atoms with Crippen LogP contribution in [0.3, 0.4) is 0 Å². The predicted octanol–water partition coefficient (Wildman–Crippen LogP) is -5.91. The monoisotopic (exact) mass is 539 g/mol. The molecule has 0 rings (SSSR count). The molecule has 2 amide bonds. The number of carboxylic acids is 3. The van der Waals surface area contributed by atoms with E-state index in [4.69, 9.17) is 20.4 Å². The second-order valence-electron chi connectivity index (χ2n) is 8.16. The van der Waals surface area contributed by atoms with Crippen LogP contribution in [0, 0.1) is 0 Å². The SMILES string of the molecule is O=C(O)CN(CCN(CC(=O)O)CC(=O)NC[C@H](O)CO)CCN(CC(=O)O)CC(=O)NC[C@H](O)CO. The van der Waals surface area contributed by atoms with Gasteiger partial charge in [0.05, 0.1) is 58.1 Å². The number of nitrogens with zero attached hydrogens (tertiary/aromatic N) is 3. The van der Waals surface area contributed by atoms with Crippen LogP contribution in [0.25, 0.3) is 0 Å². The van der Waals surface area contributed by atoms with Crippen LogP contribution in [0.1, 0.15) is 0 Å². The molecule has 17 heteroatoms. The van der Waals surface area contributed by atoms with Crippen molar-refractivity contribution in [3.05, 3.63) is 0 Å². The van der Waals surface area contributed by atoms with Crippen LogP contribution in [-0.4, -0.2) is 178 Å².